The molecule has 0 bridgehead atoms. The standard InChI is InChI=1S/C19H21N7O2/c27-6-1-3-24-4-2-14(10-24)15-8-17(19-20-13-21-26(19)11-15)22-18-9-16-12-28-7-5-25(16)23-18/h1,3,6,8-9,11,13-14H,2,4-5,7,10,12H2,(H,22,23)/t14-/m0/s1. The van der Waals surface area contributed by atoms with Crippen LogP contribution in [-0.2, 0) is 22.7 Å². The van der Waals surface area contributed by atoms with Gasteiger partial charge in [-0.15, -0.1) is 0 Å². The number of carbonyl (C=O) groups excluding carboxylic acids is 1. The van der Waals surface area contributed by atoms with E-state index in [1.807, 2.05) is 23.1 Å². The van der Waals surface area contributed by atoms with Gasteiger partial charge >= 0.3 is 0 Å². The first-order chi connectivity index (χ1) is 13.8. The summed E-state index contributed by atoms with van der Waals surface area (Å²) in [6.07, 6.45) is 8.84. The summed E-state index contributed by atoms with van der Waals surface area (Å²) in [5, 5.41) is 12.4. The molecule has 144 valence electrons. The number of aromatic nitrogens is 5. The molecule has 1 N–H and O–H groups in total. The van der Waals surface area contributed by atoms with Crippen LogP contribution in [0.25, 0.3) is 5.65 Å². The molecule has 2 aliphatic rings. The van der Waals surface area contributed by atoms with Crippen LogP contribution in [0.2, 0.25) is 0 Å². The number of pyridine rings is 1. The van der Waals surface area contributed by atoms with Crippen molar-refractivity contribution in [1.29, 1.82) is 0 Å². The van der Waals surface area contributed by atoms with Crippen LogP contribution in [0, 0.1) is 0 Å². The quantitative estimate of drug-likeness (QED) is 0.533. The third-order valence-electron chi connectivity index (χ3n) is 5.29. The zero-order chi connectivity index (χ0) is 18.9. The third-order valence-corrected chi connectivity index (χ3v) is 5.29. The van der Waals surface area contributed by atoms with Crippen LogP contribution in [0.5, 0.6) is 0 Å². The Morgan fingerprint density at radius 3 is 3.14 bits per heavy atom. The molecule has 5 heterocycles. The molecule has 3 aromatic heterocycles. The Kier molecular flexibility index (Phi) is 4.28. The van der Waals surface area contributed by atoms with Gasteiger partial charge in [-0.3, -0.25) is 9.48 Å². The summed E-state index contributed by atoms with van der Waals surface area (Å²) in [6, 6.07) is 4.15. The highest BCUT2D eigenvalue weighted by atomic mass is 16.5. The SMILES string of the molecule is O=CC=CN1CC[C@H](c2cc(Nc3cc4n(n3)CCOC4)c3ncnn3c2)C1. The Morgan fingerprint density at radius 2 is 2.25 bits per heavy atom. The molecule has 1 atom stereocenters. The van der Waals surface area contributed by atoms with Crippen molar-refractivity contribution in [2.75, 3.05) is 25.0 Å². The van der Waals surface area contributed by atoms with Gasteiger partial charge in [-0.2, -0.15) is 10.2 Å². The van der Waals surface area contributed by atoms with Crippen molar-refractivity contribution in [3.63, 3.8) is 0 Å². The van der Waals surface area contributed by atoms with Crippen molar-refractivity contribution < 1.29 is 9.53 Å². The van der Waals surface area contributed by atoms with Crippen molar-refractivity contribution in [1.82, 2.24) is 29.3 Å². The number of rotatable bonds is 5. The molecule has 0 spiro atoms. The van der Waals surface area contributed by atoms with E-state index >= 15 is 0 Å². The normalized spacial score (nSPS) is 19.4. The van der Waals surface area contributed by atoms with Crippen molar-refractivity contribution in [3.8, 4) is 0 Å². The molecule has 0 aromatic carbocycles. The van der Waals surface area contributed by atoms with E-state index in [0.717, 1.165) is 55.2 Å². The fourth-order valence-electron chi connectivity index (χ4n) is 3.91. The van der Waals surface area contributed by atoms with Crippen molar-refractivity contribution >= 4 is 23.4 Å². The zero-order valence-electron chi connectivity index (χ0n) is 15.4. The van der Waals surface area contributed by atoms with Crippen molar-refractivity contribution in [2.45, 2.75) is 25.5 Å². The second-order valence-corrected chi connectivity index (χ2v) is 7.10. The third kappa shape index (κ3) is 3.13. The topological polar surface area (TPSA) is 89.6 Å². The molecule has 0 saturated carbocycles. The summed E-state index contributed by atoms with van der Waals surface area (Å²) in [6.45, 7) is 3.85. The van der Waals surface area contributed by atoms with Gasteiger partial charge in [-0.25, -0.2) is 9.50 Å². The molecule has 5 rings (SSSR count). The lowest BCUT2D eigenvalue weighted by Gasteiger charge is -2.15. The van der Waals surface area contributed by atoms with Gasteiger partial charge in [0, 0.05) is 37.5 Å². The minimum Gasteiger partial charge on any atom is -0.377 e. The van der Waals surface area contributed by atoms with Crippen LogP contribution >= 0.6 is 0 Å². The van der Waals surface area contributed by atoms with Gasteiger partial charge in [-0.05, 0) is 24.1 Å². The van der Waals surface area contributed by atoms with Gasteiger partial charge in [0.1, 0.15) is 12.6 Å². The van der Waals surface area contributed by atoms with Crippen LogP contribution in [-0.4, -0.2) is 55.3 Å². The average molecular weight is 379 g/mol. The minimum absolute atomic E-state index is 0.369. The molecule has 0 amide bonds. The number of hydrogen-bond donors (Lipinski definition) is 1. The first-order valence-electron chi connectivity index (χ1n) is 9.41. The number of anilines is 2. The van der Waals surface area contributed by atoms with Gasteiger partial charge in [0.25, 0.3) is 0 Å². The van der Waals surface area contributed by atoms with E-state index in [4.69, 9.17) is 4.74 Å². The Bertz CT molecular complexity index is 1010. The van der Waals surface area contributed by atoms with Crippen molar-refractivity contribution in [2.24, 2.45) is 0 Å². The minimum atomic E-state index is 0.369. The summed E-state index contributed by atoms with van der Waals surface area (Å²) in [5.74, 6) is 1.15. The lowest BCUT2D eigenvalue weighted by atomic mass is 10.00. The number of ether oxygens (including phenoxy) is 1. The zero-order valence-corrected chi connectivity index (χ0v) is 15.4. The molecule has 0 unspecified atom stereocenters. The van der Waals surface area contributed by atoms with Gasteiger partial charge in [0.05, 0.1) is 31.1 Å². The highest BCUT2D eigenvalue weighted by molar-refractivity contribution is 5.73. The summed E-state index contributed by atoms with van der Waals surface area (Å²) in [5.41, 5.74) is 3.90. The lowest BCUT2D eigenvalue weighted by Crippen LogP contribution is -2.16. The molecule has 0 aliphatic carbocycles. The summed E-state index contributed by atoms with van der Waals surface area (Å²) < 4.78 is 9.28. The molecule has 0 radical (unpaired) electrons. The summed E-state index contributed by atoms with van der Waals surface area (Å²) in [4.78, 5) is 17.1. The van der Waals surface area contributed by atoms with E-state index in [2.05, 4.69) is 31.5 Å². The second-order valence-electron chi connectivity index (χ2n) is 7.10. The number of nitrogens with zero attached hydrogens (tertiary/aromatic N) is 6. The number of carbonyl (C=O) groups is 1. The Morgan fingerprint density at radius 1 is 1.29 bits per heavy atom. The van der Waals surface area contributed by atoms with Crippen LogP contribution < -0.4 is 5.32 Å². The Hall–Kier alpha value is -3.20. The lowest BCUT2D eigenvalue weighted by molar-refractivity contribution is -0.104. The maximum atomic E-state index is 10.6. The maximum absolute atomic E-state index is 10.6. The smallest absolute Gasteiger partial charge is 0.178 e. The van der Waals surface area contributed by atoms with E-state index in [0.29, 0.717) is 19.1 Å². The van der Waals surface area contributed by atoms with Crippen LogP contribution in [0.3, 0.4) is 0 Å². The van der Waals surface area contributed by atoms with Crippen LogP contribution in [0.4, 0.5) is 11.5 Å². The monoisotopic (exact) mass is 379 g/mol. The predicted octanol–water partition coefficient (Wildman–Crippen LogP) is 1.70. The van der Waals surface area contributed by atoms with E-state index in [1.54, 1.807) is 16.9 Å². The van der Waals surface area contributed by atoms with Crippen LogP contribution in [0.15, 0.2) is 36.9 Å². The predicted molar refractivity (Wildman–Crippen MR) is 102 cm³/mol. The first-order valence-corrected chi connectivity index (χ1v) is 9.41. The fourth-order valence-corrected chi connectivity index (χ4v) is 3.91. The highest BCUT2D eigenvalue weighted by Crippen LogP contribution is 2.31. The number of aldehydes is 1. The summed E-state index contributed by atoms with van der Waals surface area (Å²) in [7, 11) is 0. The number of fused-ring (bicyclic) bond motifs is 2. The van der Waals surface area contributed by atoms with E-state index in [1.165, 1.54) is 5.56 Å². The molecular weight excluding hydrogens is 358 g/mol. The number of likely N-dealkylation sites (tertiary alicyclic amines) is 1. The molecule has 28 heavy (non-hydrogen) atoms. The second kappa shape index (κ2) is 7.08. The van der Waals surface area contributed by atoms with Gasteiger partial charge in [0.15, 0.2) is 11.5 Å². The van der Waals surface area contributed by atoms with E-state index in [-0.39, 0.29) is 0 Å². The Labute approximate surface area is 161 Å². The molecule has 9 nitrogen and oxygen atoms in total. The van der Waals surface area contributed by atoms with Gasteiger partial charge < -0.3 is 15.0 Å². The maximum Gasteiger partial charge on any atom is 0.178 e. The number of hydrogen-bond acceptors (Lipinski definition) is 7. The van der Waals surface area contributed by atoms with E-state index < -0.39 is 0 Å². The molecule has 1 fully saturated rings. The number of allylic oxidation sites excluding steroid dienone is 1. The molecule has 2 aliphatic heterocycles. The average Bonchev–Trinajstić information content (AvgIpc) is 3.44. The highest BCUT2D eigenvalue weighted by Gasteiger charge is 2.24. The molecule has 3 aromatic rings. The Balaban J connectivity index is 1.44. The van der Waals surface area contributed by atoms with E-state index in [9.17, 15) is 4.79 Å². The fraction of sp³-hybridized carbons (Fsp3) is 0.368. The number of nitrogens with one attached hydrogen (secondary N) is 1. The van der Waals surface area contributed by atoms with Crippen molar-refractivity contribution in [3.05, 3.63) is 48.2 Å². The first kappa shape index (κ1) is 16.9. The molecule has 9 heteroatoms. The largest absolute Gasteiger partial charge is 0.377 e. The molecular formula is C19H21N7O2. The summed E-state index contributed by atoms with van der Waals surface area (Å²) >= 11 is 0. The van der Waals surface area contributed by atoms with Gasteiger partial charge in [-0.1, -0.05) is 0 Å². The van der Waals surface area contributed by atoms with Crippen LogP contribution in [0.1, 0.15) is 23.6 Å². The molecule has 1 saturated heterocycles. The van der Waals surface area contributed by atoms with Gasteiger partial charge in [0.2, 0.25) is 0 Å².